The van der Waals surface area contributed by atoms with Gasteiger partial charge in [0.25, 0.3) is 5.78 Å². The van der Waals surface area contributed by atoms with Gasteiger partial charge in [0.05, 0.1) is 14.2 Å². The maximum Gasteiger partial charge on any atom is 0.377 e. The fourth-order valence-corrected chi connectivity index (χ4v) is 0.625. The second-order valence-electron chi connectivity index (χ2n) is 1.99. The zero-order chi connectivity index (χ0) is 10.4. The van der Waals surface area contributed by atoms with Gasteiger partial charge in [-0.15, -0.1) is 0 Å². The quantitative estimate of drug-likeness (QED) is 0.318. The Labute approximate surface area is 74.8 Å². The summed E-state index contributed by atoms with van der Waals surface area (Å²) >= 11 is 0. The number of carbonyl (C=O) groups excluding carboxylic acids is 3. The number of hydrogen-bond acceptors (Lipinski definition) is 6. The van der Waals surface area contributed by atoms with Crippen molar-refractivity contribution < 1.29 is 28.6 Å². The molecule has 0 heterocycles. The van der Waals surface area contributed by atoms with Crippen molar-refractivity contribution >= 4 is 17.7 Å². The topological polar surface area (TPSA) is 78.9 Å². The molecule has 0 aromatic rings. The molecule has 0 aliphatic carbocycles. The molecule has 6 heteroatoms. The Kier molecular flexibility index (Phi) is 4.68. The van der Waals surface area contributed by atoms with Gasteiger partial charge in [-0.25, -0.2) is 9.59 Å². The van der Waals surface area contributed by atoms with Crippen molar-refractivity contribution in [2.75, 3.05) is 21.3 Å². The summed E-state index contributed by atoms with van der Waals surface area (Å²) in [5.74, 6) is -3.16. The Morgan fingerprint density at radius 1 is 1.00 bits per heavy atom. The first-order chi connectivity index (χ1) is 6.08. The molecule has 0 N–H and O–H groups in total. The van der Waals surface area contributed by atoms with E-state index < -0.39 is 23.8 Å². The average molecular weight is 190 g/mol. The van der Waals surface area contributed by atoms with E-state index in [9.17, 15) is 14.4 Å². The second kappa shape index (κ2) is 5.26. The molecule has 0 aromatic carbocycles. The van der Waals surface area contributed by atoms with Crippen molar-refractivity contribution in [3.05, 3.63) is 0 Å². The molecule has 0 aliphatic heterocycles. The van der Waals surface area contributed by atoms with Crippen LogP contribution in [0.1, 0.15) is 0 Å². The first-order valence-electron chi connectivity index (χ1n) is 3.31. The molecule has 6 nitrogen and oxygen atoms in total. The highest BCUT2D eigenvalue weighted by molar-refractivity contribution is 6.39. The molecular formula is C7H10O6. The third-order valence-corrected chi connectivity index (χ3v) is 1.28. The molecule has 0 amide bonds. The van der Waals surface area contributed by atoms with Crippen LogP contribution in [0.4, 0.5) is 0 Å². The van der Waals surface area contributed by atoms with Gasteiger partial charge in [0.2, 0.25) is 6.10 Å². The standard InChI is InChI=1S/C7H10O6/c1-11-5(7(10)13-3)4(8)6(9)12-2/h5H,1-3H3. The van der Waals surface area contributed by atoms with Crippen molar-refractivity contribution in [1.82, 2.24) is 0 Å². The number of rotatable bonds is 4. The summed E-state index contributed by atoms with van der Waals surface area (Å²) in [5, 5.41) is 0. The minimum Gasteiger partial charge on any atom is -0.467 e. The van der Waals surface area contributed by atoms with E-state index in [1.807, 2.05) is 0 Å². The normalized spacial score (nSPS) is 11.6. The SMILES string of the molecule is COC(=O)C(=O)C(OC)C(=O)OC. The van der Waals surface area contributed by atoms with Gasteiger partial charge in [-0.3, -0.25) is 4.79 Å². The summed E-state index contributed by atoms with van der Waals surface area (Å²) in [5.41, 5.74) is 0. The molecule has 74 valence electrons. The van der Waals surface area contributed by atoms with Gasteiger partial charge in [-0.05, 0) is 0 Å². The summed E-state index contributed by atoms with van der Waals surface area (Å²) in [6, 6.07) is 0. The molecular weight excluding hydrogens is 180 g/mol. The van der Waals surface area contributed by atoms with E-state index in [0.29, 0.717) is 0 Å². The minimum absolute atomic E-state index is 0.932. The van der Waals surface area contributed by atoms with Crippen LogP contribution in [-0.4, -0.2) is 45.2 Å². The highest BCUT2D eigenvalue weighted by Gasteiger charge is 2.33. The Morgan fingerprint density at radius 2 is 1.54 bits per heavy atom. The zero-order valence-corrected chi connectivity index (χ0v) is 7.53. The van der Waals surface area contributed by atoms with Crippen molar-refractivity contribution in [2.45, 2.75) is 6.10 Å². The van der Waals surface area contributed by atoms with Gasteiger partial charge in [0.1, 0.15) is 0 Å². The number of ketones is 1. The van der Waals surface area contributed by atoms with E-state index in [-0.39, 0.29) is 0 Å². The predicted molar refractivity (Wildman–Crippen MR) is 39.8 cm³/mol. The van der Waals surface area contributed by atoms with Gasteiger partial charge in [0, 0.05) is 7.11 Å². The van der Waals surface area contributed by atoms with Crippen LogP contribution in [0.5, 0.6) is 0 Å². The highest BCUT2D eigenvalue weighted by atomic mass is 16.6. The molecule has 0 spiro atoms. The Balaban J connectivity index is 4.49. The predicted octanol–water partition coefficient (Wildman–Crippen LogP) is -1.08. The van der Waals surface area contributed by atoms with Crippen LogP contribution in [0, 0.1) is 0 Å². The summed E-state index contributed by atoms with van der Waals surface area (Å²) in [7, 11) is 3.23. The van der Waals surface area contributed by atoms with E-state index in [0.717, 1.165) is 21.3 Å². The lowest BCUT2D eigenvalue weighted by molar-refractivity contribution is -0.165. The van der Waals surface area contributed by atoms with E-state index in [2.05, 4.69) is 14.2 Å². The second-order valence-corrected chi connectivity index (χ2v) is 1.99. The van der Waals surface area contributed by atoms with Crippen LogP contribution < -0.4 is 0 Å². The van der Waals surface area contributed by atoms with Gasteiger partial charge < -0.3 is 14.2 Å². The molecule has 0 fully saturated rings. The lowest BCUT2D eigenvalue weighted by atomic mass is 10.2. The largest absolute Gasteiger partial charge is 0.467 e. The van der Waals surface area contributed by atoms with Crippen LogP contribution in [0.25, 0.3) is 0 Å². The van der Waals surface area contributed by atoms with E-state index >= 15 is 0 Å². The van der Waals surface area contributed by atoms with Crippen molar-refractivity contribution in [3.63, 3.8) is 0 Å². The van der Waals surface area contributed by atoms with Gasteiger partial charge in [-0.2, -0.15) is 0 Å². The fourth-order valence-electron chi connectivity index (χ4n) is 0.625. The number of esters is 2. The molecule has 1 atom stereocenters. The van der Waals surface area contributed by atoms with Gasteiger partial charge in [0.15, 0.2) is 0 Å². The van der Waals surface area contributed by atoms with Crippen LogP contribution in [0.2, 0.25) is 0 Å². The molecule has 0 radical (unpaired) electrons. The molecule has 0 aromatic heterocycles. The number of carbonyl (C=O) groups is 3. The first kappa shape index (κ1) is 11.6. The lowest BCUT2D eigenvalue weighted by Gasteiger charge is -2.09. The number of hydrogen-bond donors (Lipinski definition) is 0. The Morgan fingerprint density at radius 3 is 1.85 bits per heavy atom. The number of Topliss-reactive ketones (excluding diaryl/α,β-unsaturated/α-hetero) is 1. The summed E-state index contributed by atoms with van der Waals surface area (Å²) in [6.45, 7) is 0. The average Bonchev–Trinajstić information content (AvgIpc) is 2.17. The monoisotopic (exact) mass is 190 g/mol. The van der Waals surface area contributed by atoms with Gasteiger partial charge in [-0.1, -0.05) is 0 Å². The van der Waals surface area contributed by atoms with Gasteiger partial charge >= 0.3 is 11.9 Å². The lowest BCUT2D eigenvalue weighted by Crippen LogP contribution is -2.38. The zero-order valence-electron chi connectivity index (χ0n) is 7.53. The summed E-state index contributed by atoms with van der Waals surface area (Å²) < 4.78 is 12.8. The van der Waals surface area contributed by atoms with Crippen LogP contribution in [0.15, 0.2) is 0 Å². The molecule has 0 bridgehead atoms. The third kappa shape index (κ3) is 2.83. The van der Waals surface area contributed by atoms with Crippen LogP contribution in [-0.2, 0) is 28.6 Å². The first-order valence-corrected chi connectivity index (χ1v) is 3.31. The Bertz CT molecular complexity index is 221. The van der Waals surface area contributed by atoms with Crippen LogP contribution >= 0.6 is 0 Å². The number of ether oxygens (including phenoxy) is 3. The van der Waals surface area contributed by atoms with Crippen molar-refractivity contribution in [3.8, 4) is 0 Å². The Hall–Kier alpha value is -1.43. The van der Waals surface area contributed by atoms with Crippen molar-refractivity contribution in [1.29, 1.82) is 0 Å². The fraction of sp³-hybridized carbons (Fsp3) is 0.571. The molecule has 1 unspecified atom stereocenters. The molecule has 0 saturated carbocycles. The van der Waals surface area contributed by atoms with E-state index in [1.165, 1.54) is 0 Å². The van der Waals surface area contributed by atoms with Crippen LogP contribution in [0.3, 0.4) is 0 Å². The summed E-state index contributed by atoms with van der Waals surface area (Å²) in [4.78, 5) is 32.5. The minimum atomic E-state index is -1.54. The maximum atomic E-state index is 11.0. The molecule has 0 rings (SSSR count). The molecule has 13 heavy (non-hydrogen) atoms. The summed E-state index contributed by atoms with van der Waals surface area (Å²) in [6.07, 6.45) is -1.54. The van der Waals surface area contributed by atoms with E-state index in [4.69, 9.17) is 0 Å². The van der Waals surface area contributed by atoms with E-state index in [1.54, 1.807) is 0 Å². The highest BCUT2D eigenvalue weighted by Crippen LogP contribution is 1.97. The smallest absolute Gasteiger partial charge is 0.377 e. The molecule has 0 saturated heterocycles. The number of methoxy groups -OCH3 is 3. The van der Waals surface area contributed by atoms with Crippen molar-refractivity contribution in [2.24, 2.45) is 0 Å². The molecule has 0 aliphatic rings. The third-order valence-electron chi connectivity index (χ3n) is 1.28. The maximum absolute atomic E-state index is 11.0.